The Bertz CT molecular complexity index is 1440. The fraction of sp³-hybridized carbons (Fsp3) is 0.400. The zero-order chi connectivity index (χ0) is 25.8. The molecule has 0 unspecified atom stereocenters. The lowest BCUT2D eigenvalue weighted by Crippen LogP contribution is -2.43. The molecule has 0 saturated carbocycles. The van der Waals surface area contributed by atoms with Gasteiger partial charge in [-0.1, -0.05) is 12.1 Å². The highest BCUT2D eigenvalue weighted by Crippen LogP contribution is 2.41. The van der Waals surface area contributed by atoms with E-state index in [-0.39, 0.29) is 61.1 Å². The molecule has 1 aliphatic rings. The Labute approximate surface area is 229 Å². The average Bonchev–Trinajstić information content (AvgIpc) is 3.34. The van der Waals surface area contributed by atoms with Gasteiger partial charge in [0.2, 0.25) is 0 Å². The predicted molar refractivity (Wildman–Crippen MR) is 142 cm³/mol. The zero-order valence-corrected chi connectivity index (χ0v) is 22.5. The molecule has 2 N–H and O–H groups in total. The molecule has 0 aliphatic carbocycles. The van der Waals surface area contributed by atoms with Crippen LogP contribution in [0.3, 0.4) is 0 Å². The van der Waals surface area contributed by atoms with E-state index in [2.05, 4.69) is 15.2 Å². The highest BCUT2D eigenvalue weighted by atomic mass is 35.5. The van der Waals surface area contributed by atoms with E-state index >= 15 is 0 Å². The van der Waals surface area contributed by atoms with Crippen LogP contribution in [0.1, 0.15) is 38.8 Å². The smallest absolute Gasteiger partial charge is 0.408 e. The van der Waals surface area contributed by atoms with Crippen molar-refractivity contribution in [2.24, 2.45) is 5.73 Å². The van der Waals surface area contributed by atoms with Gasteiger partial charge in [-0.15, -0.1) is 35.0 Å². The number of ether oxygens (including phenoxy) is 1. The minimum atomic E-state index is -4.50. The van der Waals surface area contributed by atoms with E-state index in [1.807, 2.05) is 13.8 Å². The predicted octanol–water partition coefficient (Wildman–Crippen LogP) is 5.74. The Morgan fingerprint density at radius 2 is 1.82 bits per heavy atom. The maximum atomic E-state index is 14.2. The Morgan fingerprint density at radius 3 is 2.45 bits per heavy atom. The SMILES string of the molecule is CC(C)Oc1cc(F)cc2ccc(-c3nnc4ccc([C@H](N5CC[C@](C)(N)C5)C(F)(F)F)cn34)nc12.Cl.Cl. The van der Waals surface area contributed by atoms with Crippen LogP contribution in [-0.4, -0.2) is 55.4 Å². The van der Waals surface area contributed by atoms with Gasteiger partial charge in [0, 0.05) is 36.3 Å². The number of aromatic nitrogens is 4. The third kappa shape index (κ3) is 5.80. The first-order chi connectivity index (χ1) is 16.9. The van der Waals surface area contributed by atoms with Crippen LogP contribution in [0.5, 0.6) is 5.75 Å². The molecule has 0 radical (unpaired) electrons. The minimum absolute atomic E-state index is 0. The highest BCUT2D eigenvalue weighted by molar-refractivity contribution is 5.86. The van der Waals surface area contributed by atoms with Crippen LogP contribution in [-0.2, 0) is 0 Å². The van der Waals surface area contributed by atoms with Crippen molar-refractivity contribution in [1.82, 2.24) is 24.5 Å². The number of hydrogen-bond acceptors (Lipinski definition) is 6. The number of nitrogens with zero attached hydrogens (tertiary/aromatic N) is 5. The first kappa shape index (κ1) is 29.8. The number of benzene rings is 1. The summed E-state index contributed by atoms with van der Waals surface area (Å²) < 4.78 is 64.0. The number of nitrogens with two attached hydrogens (primary N) is 1. The molecule has 0 amide bonds. The van der Waals surface area contributed by atoms with E-state index in [1.165, 1.54) is 39.8 Å². The molecular formula is C25H28Cl2F4N6O. The third-order valence-electron chi connectivity index (χ3n) is 6.26. The molecule has 1 fully saturated rings. The van der Waals surface area contributed by atoms with E-state index in [4.69, 9.17) is 10.5 Å². The molecule has 4 aromatic rings. The molecule has 38 heavy (non-hydrogen) atoms. The van der Waals surface area contributed by atoms with Crippen LogP contribution in [0.2, 0.25) is 0 Å². The van der Waals surface area contributed by atoms with Gasteiger partial charge < -0.3 is 10.5 Å². The van der Waals surface area contributed by atoms with Gasteiger partial charge in [0.1, 0.15) is 28.8 Å². The van der Waals surface area contributed by atoms with E-state index in [9.17, 15) is 17.6 Å². The van der Waals surface area contributed by atoms with Crippen LogP contribution >= 0.6 is 24.8 Å². The van der Waals surface area contributed by atoms with E-state index < -0.39 is 23.6 Å². The second-order valence-corrected chi connectivity index (χ2v) is 9.87. The van der Waals surface area contributed by atoms with Gasteiger partial charge in [0.25, 0.3) is 0 Å². The Hall–Kier alpha value is -2.73. The first-order valence-electron chi connectivity index (χ1n) is 11.6. The second-order valence-electron chi connectivity index (χ2n) is 9.87. The lowest BCUT2D eigenvalue weighted by molar-refractivity contribution is -0.184. The van der Waals surface area contributed by atoms with Gasteiger partial charge in [-0.2, -0.15) is 13.2 Å². The van der Waals surface area contributed by atoms with Crippen molar-refractivity contribution in [2.45, 2.75) is 51.1 Å². The van der Waals surface area contributed by atoms with Crippen molar-refractivity contribution in [3.63, 3.8) is 0 Å². The first-order valence-corrected chi connectivity index (χ1v) is 11.6. The lowest BCUT2D eigenvalue weighted by atomic mass is 10.0. The number of fused-ring (bicyclic) bond motifs is 2. The van der Waals surface area contributed by atoms with Gasteiger partial charge in [-0.05, 0) is 51.0 Å². The van der Waals surface area contributed by atoms with Crippen molar-refractivity contribution in [3.8, 4) is 17.3 Å². The van der Waals surface area contributed by atoms with Crippen molar-refractivity contribution >= 4 is 41.4 Å². The molecule has 7 nitrogen and oxygen atoms in total. The van der Waals surface area contributed by atoms with Gasteiger partial charge in [-0.25, -0.2) is 9.37 Å². The van der Waals surface area contributed by atoms with Crippen molar-refractivity contribution in [3.05, 3.63) is 54.0 Å². The fourth-order valence-corrected chi connectivity index (χ4v) is 4.73. The molecule has 2 atom stereocenters. The van der Waals surface area contributed by atoms with E-state index in [0.29, 0.717) is 28.7 Å². The topological polar surface area (TPSA) is 81.6 Å². The Kier molecular flexibility index (Phi) is 8.47. The summed E-state index contributed by atoms with van der Waals surface area (Å²) in [6.07, 6.45) is -2.84. The van der Waals surface area contributed by atoms with Crippen molar-refractivity contribution in [1.29, 1.82) is 0 Å². The maximum absolute atomic E-state index is 14.2. The third-order valence-corrected chi connectivity index (χ3v) is 6.26. The van der Waals surface area contributed by atoms with Crippen molar-refractivity contribution in [2.75, 3.05) is 13.1 Å². The maximum Gasteiger partial charge on any atom is 0.408 e. The number of pyridine rings is 2. The molecule has 206 valence electrons. The van der Waals surface area contributed by atoms with Gasteiger partial charge >= 0.3 is 6.18 Å². The molecule has 3 aromatic heterocycles. The molecule has 0 bridgehead atoms. The molecule has 13 heteroatoms. The molecule has 5 rings (SSSR count). The van der Waals surface area contributed by atoms with E-state index in [1.54, 1.807) is 19.1 Å². The number of halogens is 6. The van der Waals surface area contributed by atoms with Crippen molar-refractivity contribution < 1.29 is 22.3 Å². The summed E-state index contributed by atoms with van der Waals surface area (Å²) in [5, 5.41) is 8.82. The van der Waals surface area contributed by atoms with Crippen LogP contribution in [0.25, 0.3) is 28.1 Å². The Morgan fingerprint density at radius 1 is 1.08 bits per heavy atom. The summed E-state index contributed by atoms with van der Waals surface area (Å²) in [6, 6.07) is 7.01. The van der Waals surface area contributed by atoms with Crippen LogP contribution in [0, 0.1) is 5.82 Å². The molecule has 0 spiro atoms. The zero-order valence-electron chi connectivity index (χ0n) is 20.9. The van der Waals surface area contributed by atoms with Gasteiger partial charge in [0.05, 0.1) is 6.10 Å². The number of likely N-dealkylation sites (tertiary alicyclic amines) is 1. The van der Waals surface area contributed by atoms with Gasteiger partial charge in [0.15, 0.2) is 11.5 Å². The summed E-state index contributed by atoms with van der Waals surface area (Å²) in [7, 11) is 0. The number of alkyl halides is 3. The minimum Gasteiger partial charge on any atom is -0.489 e. The standard InChI is InChI=1S/C25H26F4N6O.2ClH/c1-14(2)36-19-11-17(26)10-15-4-6-18(31-21(15)19)23-33-32-20-7-5-16(12-35(20)23)22(25(27,28)29)34-9-8-24(3,30)13-34;;/h4-7,10-12,14,22H,8-9,13,30H2,1-3H3;2*1H/t22-,24-;;/m0../s1. The Balaban J connectivity index is 0.00000200. The summed E-state index contributed by atoms with van der Waals surface area (Å²) in [6.45, 7) is 5.77. The summed E-state index contributed by atoms with van der Waals surface area (Å²) in [5.74, 6) is 0.0749. The fourth-order valence-electron chi connectivity index (χ4n) is 4.73. The molecule has 1 saturated heterocycles. The van der Waals surface area contributed by atoms with Gasteiger partial charge in [-0.3, -0.25) is 9.30 Å². The van der Waals surface area contributed by atoms with E-state index in [0.717, 1.165) is 0 Å². The van der Waals surface area contributed by atoms with Crippen LogP contribution in [0.4, 0.5) is 17.6 Å². The highest BCUT2D eigenvalue weighted by Gasteiger charge is 2.48. The van der Waals surface area contributed by atoms with Crippen LogP contribution < -0.4 is 10.5 Å². The number of hydrogen-bond donors (Lipinski definition) is 1. The quantitative estimate of drug-likeness (QED) is 0.306. The molecular weight excluding hydrogens is 547 g/mol. The lowest BCUT2D eigenvalue weighted by Gasteiger charge is -2.31. The normalized spacial score (nSPS) is 19.0. The average molecular weight is 575 g/mol. The van der Waals surface area contributed by atoms with Crippen LogP contribution in [0.15, 0.2) is 42.6 Å². The monoisotopic (exact) mass is 574 g/mol. The molecule has 1 aromatic carbocycles. The molecule has 4 heterocycles. The second kappa shape index (κ2) is 10.8. The summed E-state index contributed by atoms with van der Waals surface area (Å²) in [4.78, 5) is 5.98. The largest absolute Gasteiger partial charge is 0.489 e. The molecule has 1 aliphatic heterocycles. The summed E-state index contributed by atoms with van der Waals surface area (Å²) >= 11 is 0. The number of rotatable bonds is 5. The summed E-state index contributed by atoms with van der Waals surface area (Å²) in [5.41, 5.74) is 6.66.